The zero-order valence-electron chi connectivity index (χ0n) is 11.1. The normalized spacial score (nSPS) is 11.8. The first-order chi connectivity index (χ1) is 9.33. The highest BCUT2D eigenvalue weighted by Gasteiger charge is 2.29. The first-order valence-electron chi connectivity index (χ1n) is 5.46. The molecule has 0 saturated carbocycles. The monoisotopic (exact) mass is 283 g/mol. The Labute approximate surface area is 114 Å². The van der Waals surface area contributed by atoms with Crippen LogP contribution in [0.25, 0.3) is 0 Å². The quantitative estimate of drug-likeness (QED) is 0.478. The molecule has 8 heteroatoms. The number of ketones is 1. The molecule has 0 radical (unpaired) electrons. The van der Waals surface area contributed by atoms with Crippen molar-refractivity contribution >= 4 is 17.4 Å². The van der Waals surface area contributed by atoms with Crippen LogP contribution in [0.5, 0.6) is 5.75 Å². The van der Waals surface area contributed by atoms with Gasteiger partial charge >= 0.3 is 5.97 Å². The molecule has 0 saturated heterocycles. The molecule has 1 N–H and O–H groups in total. The Morgan fingerprint density at radius 1 is 1.35 bits per heavy atom. The minimum atomic E-state index is -1.43. The summed E-state index contributed by atoms with van der Waals surface area (Å²) in [6.07, 6.45) is -1.43. The second kappa shape index (κ2) is 6.11. The van der Waals surface area contributed by atoms with Crippen LogP contribution in [0.1, 0.15) is 28.9 Å². The van der Waals surface area contributed by atoms with Crippen LogP contribution in [-0.4, -0.2) is 36.0 Å². The summed E-state index contributed by atoms with van der Waals surface area (Å²) in [6, 6.07) is 2.13. The van der Waals surface area contributed by atoms with Crippen LogP contribution >= 0.6 is 0 Å². The molecule has 8 nitrogen and oxygen atoms in total. The Morgan fingerprint density at radius 3 is 2.30 bits per heavy atom. The number of aliphatic carboxylic acids is 1. The third-order valence-electron chi connectivity index (χ3n) is 2.67. The molecule has 0 fully saturated rings. The molecule has 0 bridgehead atoms. The lowest BCUT2D eigenvalue weighted by Crippen LogP contribution is -2.15. The SMILES string of the molecule is COc1cc(C(C)=O)c([N+](=O)[O-])cc1C(OC)C(=O)O. The maximum absolute atomic E-state index is 11.4. The number of nitro benzene ring substituents is 1. The molecule has 0 aliphatic rings. The van der Waals surface area contributed by atoms with E-state index in [9.17, 15) is 19.7 Å². The summed E-state index contributed by atoms with van der Waals surface area (Å²) in [5, 5.41) is 20.0. The Hall–Kier alpha value is -2.48. The molecule has 1 aromatic carbocycles. The van der Waals surface area contributed by atoms with Gasteiger partial charge in [-0.05, 0) is 13.0 Å². The van der Waals surface area contributed by atoms with Crippen LogP contribution < -0.4 is 4.74 Å². The number of nitrogens with zero attached hydrogens (tertiary/aromatic N) is 1. The largest absolute Gasteiger partial charge is 0.496 e. The van der Waals surface area contributed by atoms with Crippen molar-refractivity contribution in [3.63, 3.8) is 0 Å². The Bertz CT molecular complexity index is 567. The summed E-state index contributed by atoms with van der Waals surface area (Å²) < 4.78 is 9.77. The first-order valence-corrected chi connectivity index (χ1v) is 5.46. The van der Waals surface area contributed by atoms with E-state index in [1.807, 2.05) is 0 Å². The lowest BCUT2D eigenvalue weighted by atomic mass is 10.0. The number of benzene rings is 1. The molecule has 1 unspecified atom stereocenters. The number of ether oxygens (including phenoxy) is 2. The number of carbonyl (C=O) groups is 2. The zero-order chi connectivity index (χ0) is 15.4. The van der Waals surface area contributed by atoms with Crippen molar-refractivity contribution in [3.05, 3.63) is 33.4 Å². The lowest BCUT2D eigenvalue weighted by Gasteiger charge is -2.15. The molecule has 1 atom stereocenters. The molecule has 0 aliphatic carbocycles. The summed E-state index contributed by atoms with van der Waals surface area (Å²) in [7, 11) is 2.42. The van der Waals surface area contributed by atoms with Crippen LogP contribution in [0.3, 0.4) is 0 Å². The third kappa shape index (κ3) is 2.91. The van der Waals surface area contributed by atoms with E-state index in [0.29, 0.717) is 0 Å². The van der Waals surface area contributed by atoms with Crippen LogP contribution in [-0.2, 0) is 9.53 Å². The Balaban J connectivity index is 3.60. The smallest absolute Gasteiger partial charge is 0.337 e. The van der Waals surface area contributed by atoms with Gasteiger partial charge in [0.05, 0.1) is 17.6 Å². The molecule has 20 heavy (non-hydrogen) atoms. The van der Waals surface area contributed by atoms with Gasteiger partial charge in [-0.15, -0.1) is 0 Å². The maximum atomic E-state index is 11.4. The van der Waals surface area contributed by atoms with Crippen molar-refractivity contribution in [1.29, 1.82) is 0 Å². The number of methoxy groups -OCH3 is 2. The number of Topliss-reactive ketones (excluding diaryl/α,β-unsaturated/α-hetero) is 1. The number of nitro groups is 1. The van der Waals surface area contributed by atoms with Crippen molar-refractivity contribution in [3.8, 4) is 5.75 Å². The van der Waals surface area contributed by atoms with E-state index in [2.05, 4.69) is 0 Å². The summed E-state index contributed by atoms with van der Waals surface area (Å²) in [5.74, 6) is -1.81. The van der Waals surface area contributed by atoms with Crippen molar-refractivity contribution in [2.75, 3.05) is 14.2 Å². The molecule has 1 rings (SSSR count). The average molecular weight is 283 g/mol. The van der Waals surface area contributed by atoms with E-state index >= 15 is 0 Å². The molecule has 1 aromatic rings. The molecule has 0 aromatic heterocycles. The zero-order valence-corrected chi connectivity index (χ0v) is 11.1. The predicted octanol–water partition coefficient (Wildman–Crippen LogP) is 1.58. The van der Waals surface area contributed by atoms with Crippen molar-refractivity contribution in [2.45, 2.75) is 13.0 Å². The molecular formula is C12H13NO7. The number of hydrogen-bond donors (Lipinski definition) is 1. The molecule has 108 valence electrons. The molecule has 0 amide bonds. The highest BCUT2D eigenvalue weighted by molar-refractivity contribution is 5.99. The topological polar surface area (TPSA) is 116 Å². The fourth-order valence-electron chi connectivity index (χ4n) is 1.76. The van der Waals surface area contributed by atoms with Gasteiger partial charge in [-0.3, -0.25) is 14.9 Å². The van der Waals surface area contributed by atoms with E-state index in [4.69, 9.17) is 14.6 Å². The Kier molecular flexibility index (Phi) is 4.76. The highest BCUT2D eigenvalue weighted by Crippen LogP contribution is 2.34. The molecule has 0 aliphatic heterocycles. The van der Waals surface area contributed by atoms with Gasteiger partial charge in [0, 0.05) is 18.7 Å². The molecule has 0 heterocycles. The van der Waals surface area contributed by atoms with Crippen molar-refractivity contribution in [2.24, 2.45) is 0 Å². The molecular weight excluding hydrogens is 270 g/mol. The summed E-state index contributed by atoms with van der Waals surface area (Å²) in [6.45, 7) is 1.17. The van der Waals surface area contributed by atoms with Crippen molar-refractivity contribution in [1.82, 2.24) is 0 Å². The van der Waals surface area contributed by atoms with Gasteiger partial charge in [0.25, 0.3) is 5.69 Å². The van der Waals surface area contributed by atoms with E-state index in [1.54, 1.807) is 0 Å². The van der Waals surface area contributed by atoms with Crippen LogP contribution in [0, 0.1) is 10.1 Å². The van der Waals surface area contributed by atoms with Gasteiger partial charge in [0.1, 0.15) is 5.75 Å². The third-order valence-corrected chi connectivity index (χ3v) is 2.67. The van der Waals surface area contributed by atoms with Gasteiger partial charge in [-0.25, -0.2) is 4.79 Å². The number of carbonyl (C=O) groups excluding carboxylic acids is 1. The van der Waals surface area contributed by atoms with E-state index < -0.39 is 28.5 Å². The van der Waals surface area contributed by atoms with E-state index in [-0.39, 0.29) is 16.9 Å². The highest BCUT2D eigenvalue weighted by atomic mass is 16.6. The number of carboxylic acid groups (broad SMARTS) is 1. The van der Waals surface area contributed by atoms with Gasteiger partial charge in [-0.1, -0.05) is 0 Å². The van der Waals surface area contributed by atoms with Crippen molar-refractivity contribution < 1.29 is 29.1 Å². The fraction of sp³-hybridized carbons (Fsp3) is 0.333. The van der Waals surface area contributed by atoms with E-state index in [1.165, 1.54) is 14.0 Å². The van der Waals surface area contributed by atoms with Crippen LogP contribution in [0.2, 0.25) is 0 Å². The van der Waals surface area contributed by atoms with Crippen LogP contribution in [0.4, 0.5) is 5.69 Å². The standard InChI is InChI=1S/C12H13NO7/c1-6(14)7-5-10(19-2)8(4-9(7)13(17)18)11(20-3)12(15)16/h4-5,11H,1-3H3,(H,15,16). The first kappa shape index (κ1) is 15.6. The second-order valence-electron chi connectivity index (χ2n) is 3.88. The summed E-state index contributed by atoms with van der Waals surface area (Å²) in [5.41, 5.74) is -0.674. The number of hydrogen-bond acceptors (Lipinski definition) is 6. The number of carboxylic acids is 1. The fourth-order valence-corrected chi connectivity index (χ4v) is 1.76. The van der Waals surface area contributed by atoms with Gasteiger partial charge in [-0.2, -0.15) is 0 Å². The van der Waals surface area contributed by atoms with Gasteiger partial charge in [0.15, 0.2) is 11.9 Å². The predicted molar refractivity (Wildman–Crippen MR) is 67.0 cm³/mol. The minimum Gasteiger partial charge on any atom is -0.496 e. The minimum absolute atomic E-state index is 0.0285. The summed E-state index contributed by atoms with van der Waals surface area (Å²) in [4.78, 5) is 32.7. The maximum Gasteiger partial charge on any atom is 0.337 e. The second-order valence-corrected chi connectivity index (χ2v) is 3.88. The Morgan fingerprint density at radius 2 is 1.95 bits per heavy atom. The molecule has 0 spiro atoms. The van der Waals surface area contributed by atoms with Crippen LogP contribution in [0.15, 0.2) is 12.1 Å². The van der Waals surface area contributed by atoms with Gasteiger partial charge < -0.3 is 14.6 Å². The number of rotatable bonds is 6. The lowest BCUT2D eigenvalue weighted by molar-refractivity contribution is -0.385. The van der Waals surface area contributed by atoms with E-state index in [0.717, 1.165) is 19.2 Å². The summed E-state index contributed by atoms with van der Waals surface area (Å²) >= 11 is 0. The average Bonchev–Trinajstić information content (AvgIpc) is 2.38. The van der Waals surface area contributed by atoms with Gasteiger partial charge in [0.2, 0.25) is 0 Å².